The fraction of sp³-hybridized carbons (Fsp3) is 0.923. The summed E-state index contributed by atoms with van der Waals surface area (Å²) in [5.74, 6) is -0.682. The second-order valence-corrected chi connectivity index (χ2v) is 6.18. The molecule has 0 radical (unpaired) electrons. The van der Waals surface area contributed by atoms with Crippen LogP contribution in [0.25, 0.3) is 0 Å². The molecule has 5 atom stereocenters. The summed E-state index contributed by atoms with van der Waals surface area (Å²) in [6.45, 7) is 8.64. The Morgan fingerprint density at radius 3 is 2.05 bits per heavy atom. The van der Waals surface area contributed by atoms with Crippen LogP contribution in [0.15, 0.2) is 0 Å². The number of aliphatic hydroxyl groups excluding tert-OH is 3. The number of hydrogen-bond acceptors (Lipinski definition) is 6. The number of carbonyl (C=O) groups is 1. The lowest BCUT2D eigenvalue weighted by Gasteiger charge is -2.42. The van der Waals surface area contributed by atoms with Gasteiger partial charge in [-0.25, -0.2) is 0 Å². The number of Topliss-reactive ketones (excluding diaryl/α,β-unsaturated/α-hetero) is 1. The molecule has 3 N–H and O–H groups in total. The van der Waals surface area contributed by atoms with Gasteiger partial charge in [-0.05, 0) is 20.8 Å². The quantitative estimate of drug-likeness (QED) is 0.662. The first-order chi connectivity index (χ1) is 8.54. The summed E-state index contributed by atoms with van der Waals surface area (Å²) in [7, 11) is 0. The van der Waals surface area contributed by atoms with Crippen LogP contribution in [0.3, 0.4) is 0 Å². The van der Waals surface area contributed by atoms with E-state index in [9.17, 15) is 20.1 Å². The van der Waals surface area contributed by atoms with Crippen LogP contribution in [0.2, 0.25) is 0 Å². The van der Waals surface area contributed by atoms with Crippen LogP contribution in [0.5, 0.6) is 0 Å². The van der Waals surface area contributed by atoms with Crippen LogP contribution in [-0.4, -0.2) is 57.4 Å². The maximum Gasteiger partial charge on any atom is 0.187 e. The van der Waals surface area contributed by atoms with E-state index >= 15 is 0 Å². The maximum atomic E-state index is 11.9. The molecule has 19 heavy (non-hydrogen) atoms. The highest BCUT2D eigenvalue weighted by Gasteiger charge is 2.48. The van der Waals surface area contributed by atoms with Gasteiger partial charge in [0.25, 0.3) is 0 Å². The topological polar surface area (TPSA) is 96.2 Å². The minimum atomic E-state index is -1.48. The molecule has 6 heteroatoms. The van der Waals surface area contributed by atoms with E-state index in [0.717, 1.165) is 0 Å². The van der Waals surface area contributed by atoms with Crippen molar-refractivity contribution in [2.24, 2.45) is 5.92 Å². The predicted octanol–water partition coefficient (Wildman–Crippen LogP) is -0.166. The van der Waals surface area contributed by atoms with Crippen LogP contribution in [0, 0.1) is 5.92 Å². The monoisotopic (exact) mass is 276 g/mol. The van der Waals surface area contributed by atoms with Gasteiger partial charge in [0.15, 0.2) is 12.1 Å². The average molecular weight is 276 g/mol. The van der Waals surface area contributed by atoms with Crippen molar-refractivity contribution in [1.29, 1.82) is 0 Å². The van der Waals surface area contributed by atoms with E-state index < -0.39 is 36.3 Å². The summed E-state index contributed by atoms with van der Waals surface area (Å²) in [6, 6.07) is 0. The summed E-state index contributed by atoms with van der Waals surface area (Å²) in [5.41, 5.74) is -0.612. The lowest BCUT2D eigenvalue weighted by atomic mass is 9.92. The van der Waals surface area contributed by atoms with Crippen molar-refractivity contribution in [3.8, 4) is 0 Å². The maximum absolute atomic E-state index is 11.9. The Balaban J connectivity index is 2.88. The van der Waals surface area contributed by atoms with Gasteiger partial charge >= 0.3 is 0 Å². The van der Waals surface area contributed by atoms with Crippen molar-refractivity contribution in [2.45, 2.75) is 70.9 Å². The van der Waals surface area contributed by atoms with Gasteiger partial charge in [0.2, 0.25) is 0 Å². The second kappa shape index (κ2) is 5.85. The zero-order valence-electron chi connectivity index (χ0n) is 12.0. The van der Waals surface area contributed by atoms with Gasteiger partial charge in [0, 0.05) is 5.92 Å². The average Bonchev–Trinajstić information content (AvgIpc) is 2.27. The van der Waals surface area contributed by atoms with Gasteiger partial charge < -0.3 is 24.8 Å². The van der Waals surface area contributed by atoms with Crippen molar-refractivity contribution in [3.63, 3.8) is 0 Å². The first-order valence-electron chi connectivity index (χ1n) is 6.46. The second-order valence-electron chi connectivity index (χ2n) is 6.18. The van der Waals surface area contributed by atoms with Crippen LogP contribution < -0.4 is 0 Å². The molecule has 2 unspecified atom stereocenters. The Hall–Kier alpha value is -0.530. The van der Waals surface area contributed by atoms with Crippen molar-refractivity contribution < 1.29 is 29.6 Å². The zero-order chi connectivity index (χ0) is 15.0. The summed E-state index contributed by atoms with van der Waals surface area (Å²) < 4.78 is 10.8. The number of rotatable bonds is 3. The van der Waals surface area contributed by atoms with E-state index in [1.807, 2.05) is 0 Å². The molecule has 112 valence electrons. The first-order valence-corrected chi connectivity index (χ1v) is 6.46. The third kappa shape index (κ3) is 3.97. The van der Waals surface area contributed by atoms with E-state index in [0.29, 0.717) is 0 Å². The van der Waals surface area contributed by atoms with Crippen molar-refractivity contribution in [2.75, 3.05) is 0 Å². The number of ether oxygens (including phenoxy) is 2. The minimum Gasteiger partial charge on any atom is -0.387 e. The minimum absolute atomic E-state index is 0.332. The normalized spacial score (nSPS) is 36.6. The predicted molar refractivity (Wildman–Crippen MR) is 67.4 cm³/mol. The van der Waals surface area contributed by atoms with Crippen LogP contribution in [0.4, 0.5) is 0 Å². The lowest BCUT2D eigenvalue weighted by molar-refractivity contribution is -0.311. The van der Waals surface area contributed by atoms with E-state index in [4.69, 9.17) is 9.47 Å². The Morgan fingerprint density at radius 2 is 1.63 bits per heavy atom. The molecule has 0 spiro atoms. The molecule has 1 rings (SSSR count). The molecule has 0 bridgehead atoms. The molecule has 1 fully saturated rings. The van der Waals surface area contributed by atoms with E-state index in [1.54, 1.807) is 34.6 Å². The standard InChI is InChI=1S/C13H24O6/c1-6(2)7(14)11-9(16)8(15)10(17)12(18-11)19-13(3,4)5/h6,8-12,15-17H,1-5H3/t8-,9-,10?,11?,12-/m0/s1. The summed E-state index contributed by atoms with van der Waals surface area (Å²) in [4.78, 5) is 11.9. The molecule has 0 amide bonds. The molecule has 0 aromatic heterocycles. The van der Waals surface area contributed by atoms with Gasteiger partial charge in [-0.3, -0.25) is 4.79 Å². The summed E-state index contributed by atoms with van der Waals surface area (Å²) in [5, 5.41) is 29.5. The molecule has 6 nitrogen and oxygen atoms in total. The molecule has 0 aromatic carbocycles. The number of carbonyl (C=O) groups excluding carboxylic acids is 1. The number of hydrogen-bond donors (Lipinski definition) is 3. The highest BCUT2D eigenvalue weighted by Crippen LogP contribution is 2.27. The summed E-state index contributed by atoms with van der Waals surface area (Å²) in [6.07, 6.45) is -6.67. The Morgan fingerprint density at radius 1 is 1.11 bits per heavy atom. The smallest absolute Gasteiger partial charge is 0.187 e. The van der Waals surface area contributed by atoms with E-state index in [-0.39, 0.29) is 11.7 Å². The van der Waals surface area contributed by atoms with Gasteiger partial charge in [0.05, 0.1) is 5.60 Å². The molecule has 1 aliphatic rings. The number of ketones is 1. The first kappa shape index (κ1) is 16.5. The van der Waals surface area contributed by atoms with Crippen molar-refractivity contribution >= 4 is 5.78 Å². The summed E-state index contributed by atoms with van der Waals surface area (Å²) >= 11 is 0. The zero-order valence-corrected chi connectivity index (χ0v) is 12.0. The molecule has 1 saturated heterocycles. The van der Waals surface area contributed by atoms with Gasteiger partial charge in [-0.15, -0.1) is 0 Å². The van der Waals surface area contributed by atoms with Crippen molar-refractivity contribution in [1.82, 2.24) is 0 Å². The fourth-order valence-electron chi connectivity index (χ4n) is 1.86. The van der Waals surface area contributed by atoms with Crippen LogP contribution in [0.1, 0.15) is 34.6 Å². The fourth-order valence-corrected chi connectivity index (χ4v) is 1.86. The van der Waals surface area contributed by atoms with Gasteiger partial charge in [-0.2, -0.15) is 0 Å². The van der Waals surface area contributed by atoms with E-state index in [2.05, 4.69) is 0 Å². The largest absolute Gasteiger partial charge is 0.387 e. The third-order valence-corrected chi connectivity index (χ3v) is 2.89. The number of aliphatic hydroxyl groups is 3. The highest BCUT2D eigenvalue weighted by atomic mass is 16.7. The molecule has 0 aliphatic carbocycles. The third-order valence-electron chi connectivity index (χ3n) is 2.89. The molecule has 0 saturated carbocycles. The molecular weight excluding hydrogens is 252 g/mol. The molecule has 1 heterocycles. The molecule has 0 aromatic rings. The van der Waals surface area contributed by atoms with Crippen molar-refractivity contribution in [3.05, 3.63) is 0 Å². The van der Waals surface area contributed by atoms with Gasteiger partial charge in [-0.1, -0.05) is 13.8 Å². The molecular formula is C13H24O6. The Kier molecular flexibility index (Phi) is 5.08. The molecule has 1 aliphatic heterocycles. The Labute approximate surface area is 113 Å². The lowest BCUT2D eigenvalue weighted by Crippen LogP contribution is -2.61. The van der Waals surface area contributed by atoms with Gasteiger partial charge in [0.1, 0.15) is 24.4 Å². The Bertz CT molecular complexity index is 322. The van der Waals surface area contributed by atoms with Crippen LogP contribution >= 0.6 is 0 Å². The van der Waals surface area contributed by atoms with Crippen LogP contribution in [-0.2, 0) is 14.3 Å². The SMILES string of the molecule is CC(C)C(=O)C1O[C@@H](OC(C)(C)C)C(O)[C@@H](O)[C@@H]1O. The highest BCUT2D eigenvalue weighted by molar-refractivity contribution is 5.85. The van der Waals surface area contributed by atoms with E-state index in [1.165, 1.54) is 0 Å².